The Labute approximate surface area is 120 Å². The highest BCUT2D eigenvalue weighted by Gasteiger charge is 2.14. The zero-order valence-corrected chi connectivity index (χ0v) is 11.8. The average Bonchev–Trinajstić information content (AvgIpc) is 2.50. The number of hydrogen-bond donors (Lipinski definition) is 0. The van der Waals surface area contributed by atoms with Crippen LogP contribution in [0.15, 0.2) is 65.7 Å². The molecule has 0 bridgehead atoms. The van der Waals surface area contributed by atoms with Gasteiger partial charge in [0.2, 0.25) is 0 Å². The molecule has 0 N–H and O–H groups in total. The van der Waals surface area contributed by atoms with Crippen LogP contribution in [0.1, 0.15) is 25.0 Å². The van der Waals surface area contributed by atoms with Gasteiger partial charge < -0.3 is 0 Å². The van der Waals surface area contributed by atoms with E-state index in [-0.39, 0.29) is 12.0 Å². The van der Waals surface area contributed by atoms with Gasteiger partial charge in [-0.05, 0) is 5.92 Å². The summed E-state index contributed by atoms with van der Waals surface area (Å²) in [6.45, 7) is 4.04. The second-order valence-electron chi connectivity index (χ2n) is 5.03. The van der Waals surface area contributed by atoms with Crippen LogP contribution in [0.25, 0.3) is 0 Å². The summed E-state index contributed by atoms with van der Waals surface area (Å²) in [7, 11) is 0. The summed E-state index contributed by atoms with van der Waals surface area (Å²) in [5.74, 6) is 0.197. The van der Waals surface area contributed by atoms with Crippen molar-refractivity contribution in [3.8, 4) is 6.07 Å². The third-order valence-electron chi connectivity index (χ3n) is 3.13. The summed E-state index contributed by atoms with van der Waals surface area (Å²) < 4.78 is 0. The second kappa shape index (κ2) is 6.68. The quantitative estimate of drug-likeness (QED) is 0.765. The molecule has 0 heterocycles. The second-order valence-corrected chi connectivity index (χ2v) is 5.03. The predicted molar refractivity (Wildman–Crippen MR) is 82.8 cm³/mol. The van der Waals surface area contributed by atoms with E-state index in [1.807, 2.05) is 74.5 Å². The van der Waals surface area contributed by atoms with Crippen molar-refractivity contribution in [2.75, 3.05) is 0 Å². The van der Waals surface area contributed by atoms with Crippen LogP contribution in [0.5, 0.6) is 0 Å². The van der Waals surface area contributed by atoms with E-state index in [2.05, 4.69) is 6.07 Å². The maximum absolute atomic E-state index is 9.28. The molecule has 20 heavy (non-hydrogen) atoms. The van der Waals surface area contributed by atoms with Gasteiger partial charge in [0.25, 0.3) is 0 Å². The Hall–Kier alpha value is -2.40. The van der Waals surface area contributed by atoms with Crippen LogP contribution in [0.2, 0.25) is 0 Å². The Bertz CT molecular complexity index is 565. The normalized spacial score (nSPS) is 11.7. The van der Waals surface area contributed by atoms with Gasteiger partial charge in [0.1, 0.15) is 6.04 Å². The molecule has 1 atom stereocenters. The van der Waals surface area contributed by atoms with E-state index in [0.29, 0.717) is 0 Å². The van der Waals surface area contributed by atoms with E-state index >= 15 is 0 Å². The van der Waals surface area contributed by atoms with Crippen LogP contribution in [0.4, 0.5) is 0 Å². The van der Waals surface area contributed by atoms with Crippen molar-refractivity contribution >= 4 is 5.71 Å². The summed E-state index contributed by atoms with van der Waals surface area (Å²) in [5.41, 5.74) is 2.96. The first-order chi connectivity index (χ1) is 9.72. The smallest absolute Gasteiger partial charge is 0.139 e. The van der Waals surface area contributed by atoms with Gasteiger partial charge in [0.15, 0.2) is 0 Å². The molecule has 0 aliphatic carbocycles. The van der Waals surface area contributed by atoms with Gasteiger partial charge in [0, 0.05) is 11.1 Å². The minimum atomic E-state index is -0.328. The van der Waals surface area contributed by atoms with Crippen molar-refractivity contribution in [1.29, 1.82) is 5.26 Å². The number of aliphatic imine (C=N–C) groups is 1. The maximum Gasteiger partial charge on any atom is 0.139 e. The van der Waals surface area contributed by atoms with Gasteiger partial charge in [-0.1, -0.05) is 74.5 Å². The zero-order valence-electron chi connectivity index (χ0n) is 11.8. The third kappa shape index (κ3) is 3.33. The lowest BCUT2D eigenvalue weighted by molar-refractivity contribution is 0.582. The van der Waals surface area contributed by atoms with Gasteiger partial charge in [-0.15, -0.1) is 0 Å². The molecule has 2 heteroatoms. The van der Waals surface area contributed by atoms with Crippen LogP contribution in [0, 0.1) is 17.2 Å². The average molecular weight is 262 g/mol. The SMILES string of the molecule is CC(C)C(C#N)N=C(c1ccccc1)c1ccccc1. The summed E-state index contributed by atoms with van der Waals surface area (Å²) in [5, 5.41) is 9.28. The van der Waals surface area contributed by atoms with E-state index < -0.39 is 0 Å². The highest BCUT2D eigenvalue weighted by molar-refractivity contribution is 6.13. The highest BCUT2D eigenvalue weighted by atomic mass is 14.8. The number of nitriles is 1. The molecular formula is C18H18N2. The summed E-state index contributed by atoms with van der Waals surface area (Å²) in [6, 6.07) is 22.0. The van der Waals surface area contributed by atoms with Gasteiger partial charge in [-0.25, -0.2) is 0 Å². The lowest BCUT2D eigenvalue weighted by atomic mass is 10.0. The Morgan fingerprint density at radius 3 is 1.70 bits per heavy atom. The molecule has 0 spiro atoms. The highest BCUT2D eigenvalue weighted by Crippen LogP contribution is 2.14. The van der Waals surface area contributed by atoms with Crippen LogP contribution >= 0.6 is 0 Å². The molecule has 0 radical (unpaired) electrons. The number of rotatable bonds is 4. The van der Waals surface area contributed by atoms with Gasteiger partial charge in [-0.2, -0.15) is 5.26 Å². The molecule has 0 saturated heterocycles. The molecule has 0 aromatic heterocycles. The Morgan fingerprint density at radius 1 is 0.900 bits per heavy atom. The van der Waals surface area contributed by atoms with Crippen LogP contribution in [-0.2, 0) is 0 Å². The molecule has 2 aromatic rings. The maximum atomic E-state index is 9.28. The van der Waals surface area contributed by atoms with Gasteiger partial charge in [0.05, 0.1) is 11.8 Å². The molecule has 0 aliphatic heterocycles. The molecule has 2 rings (SSSR count). The third-order valence-corrected chi connectivity index (χ3v) is 3.13. The van der Waals surface area contributed by atoms with E-state index in [9.17, 15) is 5.26 Å². The van der Waals surface area contributed by atoms with E-state index in [4.69, 9.17) is 4.99 Å². The minimum absolute atomic E-state index is 0.197. The summed E-state index contributed by atoms with van der Waals surface area (Å²) in [6.07, 6.45) is 0. The van der Waals surface area contributed by atoms with Crippen molar-refractivity contribution < 1.29 is 0 Å². The van der Waals surface area contributed by atoms with Crippen molar-refractivity contribution in [3.05, 3.63) is 71.8 Å². The van der Waals surface area contributed by atoms with Crippen LogP contribution in [0.3, 0.4) is 0 Å². The summed E-state index contributed by atoms with van der Waals surface area (Å²) in [4.78, 5) is 4.69. The first kappa shape index (κ1) is 14.0. The van der Waals surface area contributed by atoms with Crippen LogP contribution in [-0.4, -0.2) is 11.8 Å². The van der Waals surface area contributed by atoms with E-state index in [1.54, 1.807) is 0 Å². The molecular weight excluding hydrogens is 244 g/mol. The number of nitrogens with zero attached hydrogens (tertiary/aromatic N) is 2. The fraction of sp³-hybridized carbons (Fsp3) is 0.222. The number of benzene rings is 2. The van der Waals surface area contributed by atoms with Crippen molar-refractivity contribution in [2.24, 2.45) is 10.9 Å². The fourth-order valence-electron chi connectivity index (χ4n) is 1.97. The lowest BCUT2D eigenvalue weighted by Crippen LogP contribution is -2.15. The van der Waals surface area contributed by atoms with Gasteiger partial charge in [-0.3, -0.25) is 4.99 Å². The van der Waals surface area contributed by atoms with Crippen molar-refractivity contribution in [2.45, 2.75) is 19.9 Å². The fourth-order valence-corrected chi connectivity index (χ4v) is 1.97. The molecule has 2 nitrogen and oxygen atoms in total. The molecule has 0 amide bonds. The Morgan fingerprint density at radius 2 is 1.35 bits per heavy atom. The predicted octanol–water partition coefficient (Wildman–Crippen LogP) is 4.07. The lowest BCUT2D eigenvalue weighted by Gasteiger charge is -2.13. The minimum Gasteiger partial charge on any atom is -0.265 e. The van der Waals surface area contributed by atoms with Gasteiger partial charge >= 0.3 is 0 Å². The summed E-state index contributed by atoms with van der Waals surface area (Å²) >= 11 is 0. The first-order valence-corrected chi connectivity index (χ1v) is 6.80. The largest absolute Gasteiger partial charge is 0.265 e. The zero-order chi connectivity index (χ0) is 14.4. The monoisotopic (exact) mass is 262 g/mol. The van der Waals surface area contributed by atoms with Crippen molar-refractivity contribution in [1.82, 2.24) is 0 Å². The molecule has 0 fully saturated rings. The topological polar surface area (TPSA) is 36.1 Å². The van der Waals surface area contributed by atoms with E-state index in [1.165, 1.54) is 0 Å². The van der Waals surface area contributed by atoms with E-state index in [0.717, 1.165) is 16.8 Å². The molecule has 100 valence electrons. The van der Waals surface area contributed by atoms with Crippen LogP contribution < -0.4 is 0 Å². The molecule has 0 saturated carbocycles. The number of hydrogen-bond acceptors (Lipinski definition) is 2. The first-order valence-electron chi connectivity index (χ1n) is 6.80. The Kier molecular flexibility index (Phi) is 4.68. The molecule has 2 aromatic carbocycles. The Balaban J connectivity index is 2.51. The standard InChI is InChI=1S/C18H18N2/c1-14(2)17(13-19)20-18(15-9-5-3-6-10-15)16-11-7-4-8-12-16/h3-12,14,17H,1-2H3. The van der Waals surface area contributed by atoms with Crippen molar-refractivity contribution in [3.63, 3.8) is 0 Å². The molecule has 1 unspecified atom stereocenters. The molecule has 0 aliphatic rings.